The molecule has 0 aromatic heterocycles. The summed E-state index contributed by atoms with van der Waals surface area (Å²) in [6, 6.07) is 17.4. The monoisotopic (exact) mass is 480 g/mol. The summed E-state index contributed by atoms with van der Waals surface area (Å²) in [6.45, 7) is 1.85. The summed E-state index contributed by atoms with van der Waals surface area (Å²) in [7, 11) is 1.74. The van der Waals surface area contributed by atoms with Crippen LogP contribution in [0, 0.1) is 34.4 Å². The van der Waals surface area contributed by atoms with Crippen molar-refractivity contribution in [1.29, 1.82) is 10.5 Å². The van der Waals surface area contributed by atoms with E-state index in [1.807, 2.05) is 0 Å². The molecule has 0 aliphatic carbocycles. The van der Waals surface area contributed by atoms with E-state index < -0.39 is 34.9 Å². The Bertz CT molecular complexity index is 1320. The Morgan fingerprint density at radius 3 is 2.23 bits per heavy atom. The number of amides is 1. The molecule has 0 saturated carbocycles. The molecule has 9 heteroatoms. The number of rotatable bonds is 6. The Morgan fingerprint density at radius 1 is 1.00 bits per heavy atom. The molecule has 3 rings (SSSR count). The predicted molar refractivity (Wildman–Crippen MR) is 124 cm³/mol. The fourth-order valence-electron chi connectivity index (χ4n) is 3.55. The number of hydrogen-bond acceptors (Lipinski definition) is 4. The lowest BCUT2D eigenvalue weighted by Gasteiger charge is -2.24. The van der Waals surface area contributed by atoms with E-state index in [0.29, 0.717) is 22.4 Å². The van der Waals surface area contributed by atoms with Crippen LogP contribution < -0.4 is 10.2 Å². The van der Waals surface area contributed by atoms with Gasteiger partial charge in [-0.3, -0.25) is 4.79 Å². The Balaban J connectivity index is 1.76. The van der Waals surface area contributed by atoms with E-state index in [9.17, 15) is 27.6 Å². The minimum absolute atomic E-state index is 0.0622. The van der Waals surface area contributed by atoms with Gasteiger partial charge in [0.25, 0.3) is 0 Å². The molecule has 0 bridgehead atoms. The Kier molecular flexibility index (Phi) is 7.41. The smallest absolute Gasteiger partial charge is 0.374 e. The van der Waals surface area contributed by atoms with Crippen LogP contribution in [0.4, 0.5) is 28.9 Å². The van der Waals surface area contributed by atoms with Gasteiger partial charge >= 0.3 is 6.18 Å². The number of nitriles is 2. The Hall–Kier alpha value is -4.37. The number of carbonyl (C=O) groups is 1. The third-order valence-corrected chi connectivity index (χ3v) is 5.43. The molecule has 5 nitrogen and oxygen atoms in total. The second-order valence-corrected chi connectivity index (χ2v) is 7.99. The van der Waals surface area contributed by atoms with E-state index in [2.05, 4.69) is 11.4 Å². The van der Waals surface area contributed by atoms with E-state index in [-0.39, 0.29) is 12.2 Å². The number of halogens is 4. The van der Waals surface area contributed by atoms with Crippen LogP contribution in [0.2, 0.25) is 0 Å². The molecular formula is C26H20F4N4O. The van der Waals surface area contributed by atoms with Gasteiger partial charge in [0.05, 0.1) is 34.7 Å². The van der Waals surface area contributed by atoms with Gasteiger partial charge in [-0.2, -0.15) is 23.7 Å². The molecule has 1 amide bonds. The molecule has 178 valence electrons. The molecule has 0 unspecified atom stereocenters. The van der Waals surface area contributed by atoms with Crippen molar-refractivity contribution in [3.63, 3.8) is 0 Å². The molecule has 0 saturated heterocycles. The van der Waals surface area contributed by atoms with Gasteiger partial charge in [0.15, 0.2) is 0 Å². The normalized spacial score (nSPS) is 11.8. The summed E-state index contributed by atoms with van der Waals surface area (Å²) in [6.07, 6.45) is -4.73. The van der Waals surface area contributed by atoms with E-state index >= 15 is 0 Å². The highest BCUT2D eigenvalue weighted by molar-refractivity contribution is 5.93. The number of alkyl halides is 3. The van der Waals surface area contributed by atoms with Gasteiger partial charge in [0, 0.05) is 30.5 Å². The maximum Gasteiger partial charge on any atom is 0.417 e. The zero-order valence-corrected chi connectivity index (χ0v) is 18.8. The zero-order valence-electron chi connectivity index (χ0n) is 18.8. The van der Waals surface area contributed by atoms with Crippen LogP contribution in [0.5, 0.6) is 0 Å². The van der Waals surface area contributed by atoms with Crippen molar-refractivity contribution in [3.05, 3.63) is 83.2 Å². The van der Waals surface area contributed by atoms with Gasteiger partial charge < -0.3 is 10.2 Å². The van der Waals surface area contributed by atoms with Crippen LogP contribution in [-0.4, -0.2) is 19.5 Å². The van der Waals surface area contributed by atoms with Crippen LogP contribution in [0.25, 0.3) is 11.1 Å². The number of hydrogen-bond donors (Lipinski definition) is 1. The highest BCUT2D eigenvalue weighted by atomic mass is 19.4. The van der Waals surface area contributed by atoms with Gasteiger partial charge in [0.1, 0.15) is 5.82 Å². The van der Waals surface area contributed by atoms with Gasteiger partial charge in [0.2, 0.25) is 5.91 Å². The first kappa shape index (κ1) is 25.3. The molecule has 0 aliphatic heterocycles. The lowest BCUT2D eigenvalue weighted by Crippen LogP contribution is -2.32. The summed E-state index contributed by atoms with van der Waals surface area (Å²) >= 11 is 0. The second-order valence-electron chi connectivity index (χ2n) is 7.99. The fraction of sp³-hybridized carbons (Fsp3) is 0.192. The van der Waals surface area contributed by atoms with Crippen LogP contribution >= 0.6 is 0 Å². The summed E-state index contributed by atoms with van der Waals surface area (Å²) in [5.74, 6) is -1.51. The average Bonchev–Trinajstić information content (AvgIpc) is 2.83. The van der Waals surface area contributed by atoms with E-state index in [1.54, 1.807) is 49.2 Å². The van der Waals surface area contributed by atoms with Gasteiger partial charge in [-0.15, -0.1) is 0 Å². The molecule has 1 atom stereocenters. The quantitative estimate of drug-likeness (QED) is 0.441. The third-order valence-electron chi connectivity index (χ3n) is 5.43. The van der Waals surface area contributed by atoms with Crippen LogP contribution in [0.15, 0.2) is 60.7 Å². The molecule has 0 radical (unpaired) electrons. The summed E-state index contributed by atoms with van der Waals surface area (Å²) in [5, 5.41) is 20.8. The number of anilines is 2. The number of nitrogens with zero attached hydrogens (tertiary/aromatic N) is 3. The molecule has 3 aromatic rings. The van der Waals surface area contributed by atoms with Gasteiger partial charge in [-0.05, 0) is 54.1 Å². The number of carbonyl (C=O) groups excluding carboxylic acids is 1. The molecular weight excluding hydrogens is 460 g/mol. The minimum atomic E-state index is -4.73. The van der Waals surface area contributed by atoms with E-state index in [4.69, 9.17) is 5.26 Å². The first-order valence-electron chi connectivity index (χ1n) is 10.5. The molecule has 0 spiro atoms. The lowest BCUT2D eigenvalue weighted by atomic mass is 9.99. The van der Waals surface area contributed by atoms with Crippen LogP contribution in [-0.2, 0) is 11.0 Å². The summed E-state index contributed by atoms with van der Waals surface area (Å²) in [4.78, 5) is 14.4. The summed E-state index contributed by atoms with van der Waals surface area (Å²) < 4.78 is 52.9. The molecule has 35 heavy (non-hydrogen) atoms. The van der Waals surface area contributed by atoms with Crippen molar-refractivity contribution in [1.82, 2.24) is 0 Å². The van der Waals surface area contributed by atoms with Crippen LogP contribution in [0.3, 0.4) is 0 Å². The van der Waals surface area contributed by atoms with Crippen LogP contribution in [0.1, 0.15) is 23.6 Å². The highest BCUT2D eigenvalue weighted by Gasteiger charge is 2.34. The predicted octanol–water partition coefficient (Wildman–Crippen LogP) is 5.97. The first-order chi connectivity index (χ1) is 16.5. The van der Waals surface area contributed by atoms with Crippen molar-refractivity contribution >= 4 is 17.3 Å². The maximum absolute atomic E-state index is 13.3. The van der Waals surface area contributed by atoms with Crippen molar-refractivity contribution in [2.24, 2.45) is 5.92 Å². The maximum atomic E-state index is 13.3. The largest absolute Gasteiger partial charge is 0.417 e. The van der Waals surface area contributed by atoms with E-state index in [1.165, 1.54) is 24.3 Å². The SMILES string of the molecule is C[C@H](CN(C)c1ccc(C#N)c(-c2ccc(F)cc2)c1)C(=O)Nc1ccc(C#N)c(C(F)(F)F)c1. The molecule has 0 aliphatic rings. The van der Waals surface area contributed by atoms with Gasteiger partial charge in [-0.25, -0.2) is 4.39 Å². The average molecular weight is 480 g/mol. The molecule has 1 N–H and O–H groups in total. The van der Waals surface area contributed by atoms with Crippen molar-refractivity contribution < 1.29 is 22.4 Å². The third kappa shape index (κ3) is 5.96. The van der Waals surface area contributed by atoms with Crippen molar-refractivity contribution in [2.75, 3.05) is 23.8 Å². The Labute approximate surface area is 199 Å². The molecule has 3 aromatic carbocycles. The minimum Gasteiger partial charge on any atom is -0.374 e. The topological polar surface area (TPSA) is 79.9 Å². The fourth-order valence-corrected chi connectivity index (χ4v) is 3.55. The first-order valence-corrected chi connectivity index (χ1v) is 10.5. The Morgan fingerprint density at radius 2 is 1.63 bits per heavy atom. The van der Waals surface area contributed by atoms with Crippen molar-refractivity contribution in [3.8, 4) is 23.3 Å². The lowest BCUT2D eigenvalue weighted by molar-refractivity contribution is -0.137. The molecule has 0 heterocycles. The highest BCUT2D eigenvalue weighted by Crippen LogP contribution is 2.34. The van der Waals surface area contributed by atoms with Crippen molar-refractivity contribution in [2.45, 2.75) is 13.1 Å². The standard InChI is InChI=1S/C26H20F4N4O/c1-16(25(35)33-21-9-5-19(14-32)24(11-21)26(28,29)30)15-34(2)22-10-6-18(13-31)23(12-22)17-3-7-20(27)8-4-17/h3-12,16H,15H2,1-2H3,(H,33,35)/t16-/m1/s1. The van der Waals surface area contributed by atoms with E-state index in [0.717, 1.165) is 12.1 Å². The number of benzene rings is 3. The molecule has 0 fully saturated rings. The summed E-state index contributed by atoms with van der Waals surface area (Å²) in [5.41, 5.74) is 0.653. The van der Waals surface area contributed by atoms with Gasteiger partial charge in [-0.1, -0.05) is 19.1 Å². The zero-order chi connectivity index (χ0) is 25.8. The number of nitrogens with one attached hydrogen (secondary N) is 1. The second kappa shape index (κ2) is 10.3.